The summed E-state index contributed by atoms with van der Waals surface area (Å²) < 4.78 is 0. The minimum Gasteiger partial charge on any atom is -0.480 e. The van der Waals surface area contributed by atoms with Crippen molar-refractivity contribution in [1.29, 1.82) is 0 Å². The van der Waals surface area contributed by atoms with Crippen molar-refractivity contribution in [3.8, 4) is 0 Å². The van der Waals surface area contributed by atoms with Gasteiger partial charge in [0.15, 0.2) is 0 Å². The van der Waals surface area contributed by atoms with E-state index in [4.69, 9.17) is 10.2 Å². The molecule has 0 aromatic rings. The molecule has 1 aliphatic heterocycles. The van der Waals surface area contributed by atoms with Crippen LogP contribution in [0.2, 0.25) is 0 Å². The fourth-order valence-electron chi connectivity index (χ4n) is 1.83. The third-order valence-corrected chi connectivity index (χ3v) is 2.62. The Labute approximate surface area is 92.2 Å². The molecule has 0 saturated carbocycles. The van der Waals surface area contributed by atoms with Gasteiger partial charge >= 0.3 is 12.1 Å². The smallest absolute Gasteiger partial charge is 0.408 e. The molecule has 2 atom stereocenters. The molecule has 1 fully saturated rings. The van der Waals surface area contributed by atoms with Crippen LogP contribution in [0.25, 0.3) is 0 Å². The molecule has 1 saturated heterocycles. The number of aliphatic carboxylic acids is 1. The van der Waals surface area contributed by atoms with Gasteiger partial charge < -0.3 is 15.1 Å². The minimum absolute atomic E-state index is 0.0403. The van der Waals surface area contributed by atoms with E-state index in [-0.39, 0.29) is 18.9 Å². The van der Waals surface area contributed by atoms with Crippen LogP contribution in [0.4, 0.5) is 4.79 Å². The summed E-state index contributed by atoms with van der Waals surface area (Å²) in [5.41, 5.74) is 0. The maximum atomic E-state index is 11.6. The molecule has 7 nitrogen and oxygen atoms in total. The largest absolute Gasteiger partial charge is 0.480 e. The topological polar surface area (TPSA) is 98.2 Å². The lowest BCUT2D eigenvalue weighted by Crippen LogP contribution is -2.39. The number of amides is 2. The van der Waals surface area contributed by atoms with Crippen LogP contribution in [0.1, 0.15) is 6.42 Å². The molecule has 0 unspecified atom stereocenters. The summed E-state index contributed by atoms with van der Waals surface area (Å²) in [6, 6.07) is -1.12. The molecule has 90 valence electrons. The van der Waals surface area contributed by atoms with Crippen molar-refractivity contribution in [2.45, 2.75) is 12.5 Å². The third-order valence-electron chi connectivity index (χ3n) is 2.62. The van der Waals surface area contributed by atoms with E-state index in [2.05, 4.69) is 0 Å². The Balaban J connectivity index is 2.80. The molecular weight excluding hydrogens is 216 g/mol. The number of rotatable bonds is 2. The molecule has 2 amide bonds. The highest BCUT2D eigenvalue weighted by atomic mass is 16.4. The Morgan fingerprint density at radius 2 is 1.81 bits per heavy atom. The van der Waals surface area contributed by atoms with Crippen LogP contribution in [-0.4, -0.2) is 64.7 Å². The Morgan fingerprint density at radius 1 is 1.25 bits per heavy atom. The van der Waals surface area contributed by atoms with Crippen molar-refractivity contribution in [3.63, 3.8) is 0 Å². The van der Waals surface area contributed by atoms with Crippen molar-refractivity contribution < 1.29 is 24.6 Å². The van der Waals surface area contributed by atoms with E-state index >= 15 is 0 Å². The van der Waals surface area contributed by atoms with E-state index in [1.165, 1.54) is 4.90 Å². The first kappa shape index (κ1) is 12.3. The molecule has 2 N–H and O–H groups in total. The summed E-state index contributed by atoms with van der Waals surface area (Å²) in [6.07, 6.45) is -1.26. The van der Waals surface area contributed by atoms with Crippen LogP contribution >= 0.6 is 0 Å². The normalized spacial score (nSPS) is 24.2. The van der Waals surface area contributed by atoms with Gasteiger partial charge in [-0.2, -0.15) is 0 Å². The summed E-state index contributed by atoms with van der Waals surface area (Å²) in [5, 5.41) is 17.6. The number of carbonyl (C=O) groups excluding carboxylic acids is 1. The number of likely N-dealkylation sites (tertiary alicyclic amines) is 1. The number of carboxylic acids is 1. The molecule has 1 rings (SSSR count). The molecule has 1 heterocycles. The van der Waals surface area contributed by atoms with E-state index in [0.29, 0.717) is 0 Å². The predicted octanol–water partition coefficient (Wildman–Crippen LogP) is -0.472. The second kappa shape index (κ2) is 4.38. The molecule has 0 radical (unpaired) electrons. The van der Waals surface area contributed by atoms with Gasteiger partial charge in [-0.15, -0.1) is 0 Å². The van der Waals surface area contributed by atoms with Gasteiger partial charge in [-0.1, -0.05) is 0 Å². The Kier molecular flexibility index (Phi) is 3.36. The predicted molar refractivity (Wildman–Crippen MR) is 53.0 cm³/mol. The second-order valence-electron chi connectivity index (χ2n) is 3.95. The van der Waals surface area contributed by atoms with Gasteiger partial charge in [-0.25, -0.2) is 9.59 Å². The van der Waals surface area contributed by atoms with Gasteiger partial charge in [0, 0.05) is 20.6 Å². The lowest BCUT2D eigenvalue weighted by atomic mass is 10.0. The fraction of sp³-hybridized carbons (Fsp3) is 0.667. The van der Waals surface area contributed by atoms with Gasteiger partial charge in [-0.3, -0.25) is 9.69 Å². The summed E-state index contributed by atoms with van der Waals surface area (Å²) >= 11 is 0. The number of carbonyl (C=O) groups is 3. The summed E-state index contributed by atoms with van der Waals surface area (Å²) in [5.74, 6) is -2.02. The molecule has 1 aliphatic rings. The van der Waals surface area contributed by atoms with Gasteiger partial charge in [0.05, 0.1) is 5.92 Å². The molecule has 0 aromatic carbocycles. The quantitative estimate of drug-likeness (QED) is 0.668. The van der Waals surface area contributed by atoms with Crippen molar-refractivity contribution >= 4 is 18.0 Å². The van der Waals surface area contributed by atoms with Gasteiger partial charge in [0.2, 0.25) is 5.91 Å². The van der Waals surface area contributed by atoms with Crippen LogP contribution in [0.5, 0.6) is 0 Å². The number of nitrogens with zero attached hydrogens (tertiary/aromatic N) is 2. The molecular formula is C9H14N2O5. The lowest BCUT2D eigenvalue weighted by Gasteiger charge is -2.17. The highest BCUT2D eigenvalue weighted by molar-refractivity contribution is 5.85. The zero-order valence-corrected chi connectivity index (χ0v) is 9.08. The first-order valence-electron chi connectivity index (χ1n) is 4.78. The fourth-order valence-corrected chi connectivity index (χ4v) is 1.83. The first-order chi connectivity index (χ1) is 7.34. The average molecular weight is 230 g/mol. The molecule has 0 aromatic heterocycles. The second-order valence-corrected chi connectivity index (χ2v) is 3.95. The molecule has 0 spiro atoms. The zero-order chi connectivity index (χ0) is 12.5. The Morgan fingerprint density at radius 3 is 2.12 bits per heavy atom. The monoisotopic (exact) mass is 230 g/mol. The van der Waals surface area contributed by atoms with Gasteiger partial charge in [-0.05, 0) is 6.42 Å². The molecule has 0 aliphatic carbocycles. The highest BCUT2D eigenvalue weighted by Crippen LogP contribution is 2.24. The number of carboxylic acid groups (broad SMARTS) is 2. The van der Waals surface area contributed by atoms with Gasteiger partial charge in [0.1, 0.15) is 6.04 Å². The van der Waals surface area contributed by atoms with E-state index < -0.39 is 24.0 Å². The van der Waals surface area contributed by atoms with E-state index in [9.17, 15) is 14.4 Å². The van der Waals surface area contributed by atoms with Crippen molar-refractivity contribution in [1.82, 2.24) is 9.80 Å². The standard InChI is InChI=1S/C9H14N2O5/c1-10(2)7(12)5-3-6(8(13)14)11(4-5)9(15)16/h5-6H,3-4H2,1-2H3,(H,13,14)(H,15,16)/t5-,6+/m0/s1. The van der Waals surface area contributed by atoms with Crippen molar-refractivity contribution in [2.24, 2.45) is 5.92 Å². The van der Waals surface area contributed by atoms with Crippen LogP contribution in [0.15, 0.2) is 0 Å². The van der Waals surface area contributed by atoms with Crippen LogP contribution < -0.4 is 0 Å². The average Bonchev–Trinajstić information content (AvgIpc) is 2.60. The SMILES string of the molecule is CN(C)C(=O)[C@H]1C[C@H](C(=O)O)N(C(=O)O)C1. The van der Waals surface area contributed by atoms with Gasteiger partial charge in [0.25, 0.3) is 0 Å². The first-order valence-corrected chi connectivity index (χ1v) is 4.78. The van der Waals surface area contributed by atoms with Crippen molar-refractivity contribution in [2.75, 3.05) is 20.6 Å². The minimum atomic E-state index is -1.30. The molecule has 16 heavy (non-hydrogen) atoms. The zero-order valence-electron chi connectivity index (χ0n) is 9.08. The van der Waals surface area contributed by atoms with Crippen LogP contribution in [0.3, 0.4) is 0 Å². The Hall–Kier alpha value is -1.79. The summed E-state index contributed by atoms with van der Waals surface area (Å²) in [4.78, 5) is 35.4. The molecule has 7 heteroatoms. The van der Waals surface area contributed by atoms with Crippen molar-refractivity contribution in [3.05, 3.63) is 0 Å². The maximum absolute atomic E-state index is 11.6. The van der Waals surface area contributed by atoms with Crippen LogP contribution in [-0.2, 0) is 9.59 Å². The number of hydrogen-bond donors (Lipinski definition) is 2. The van der Waals surface area contributed by atoms with E-state index in [0.717, 1.165) is 4.90 Å². The summed E-state index contributed by atoms with van der Waals surface area (Å²) in [6.45, 7) is -0.0523. The lowest BCUT2D eigenvalue weighted by molar-refractivity contribution is -0.141. The molecule has 0 bridgehead atoms. The van der Waals surface area contributed by atoms with E-state index in [1.807, 2.05) is 0 Å². The highest BCUT2D eigenvalue weighted by Gasteiger charge is 2.42. The van der Waals surface area contributed by atoms with Crippen LogP contribution in [0, 0.1) is 5.92 Å². The summed E-state index contributed by atoms with van der Waals surface area (Å²) in [7, 11) is 3.11. The van der Waals surface area contributed by atoms with E-state index in [1.54, 1.807) is 14.1 Å². The third kappa shape index (κ3) is 2.23. The number of hydrogen-bond acceptors (Lipinski definition) is 3. The Bertz CT molecular complexity index is 306. The maximum Gasteiger partial charge on any atom is 0.408 e.